The van der Waals surface area contributed by atoms with E-state index in [1.807, 2.05) is 0 Å². The normalized spacial score (nSPS) is 43.1. The minimum Gasteiger partial charge on any atom is -0.312 e. The molecule has 0 saturated carbocycles. The zero-order chi connectivity index (χ0) is 6.91. The first-order valence-corrected chi connectivity index (χ1v) is 2.27. The van der Waals surface area contributed by atoms with E-state index in [4.69, 9.17) is 0 Å². The molecule has 1 rings (SSSR count). The number of hydrogen-bond donors (Lipinski definition) is 0. The van der Waals surface area contributed by atoms with Crippen LogP contribution in [-0.4, -0.2) is 25.3 Å². The highest BCUT2D eigenvalue weighted by Crippen LogP contribution is 2.23. The van der Waals surface area contributed by atoms with Crippen molar-refractivity contribution in [1.82, 2.24) is 0 Å². The van der Waals surface area contributed by atoms with Crippen LogP contribution in [0.25, 0.3) is 0 Å². The Labute approximate surface area is 49.5 Å². The second-order valence-electron chi connectivity index (χ2n) is 1.54. The Bertz CT molecular complexity index is 129. The van der Waals surface area contributed by atoms with Gasteiger partial charge in [-0.1, -0.05) is 0 Å². The van der Waals surface area contributed by atoms with Gasteiger partial charge in [0.1, 0.15) is 6.61 Å². The quantitative estimate of drug-likeness (QED) is 0.484. The Hall–Kier alpha value is -0.550. The van der Waals surface area contributed by atoms with Crippen molar-refractivity contribution in [3.8, 4) is 0 Å². The number of aldehydes is 1. The lowest BCUT2D eigenvalue weighted by molar-refractivity contribution is -0.244. The third kappa shape index (κ3) is 1.22. The van der Waals surface area contributed by atoms with Gasteiger partial charge in [-0.05, 0) is 0 Å². The molecule has 0 aromatic carbocycles. The van der Waals surface area contributed by atoms with Gasteiger partial charge >= 0.3 is 6.04 Å². The van der Waals surface area contributed by atoms with Crippen LogP contribution in [0.5, 0.6) is 0 Å². The fourth-order valence-electron chi connectivity index (χ4n) is 0.483. The summed E-state index contributed by atoms with van der Waals surface area (Å²) in [4.78, 5) is 9.68. The van der Waals surface area contributed by atoms with Gasteiger partial charge in [-0.15, -0.1) is 0 Å². The van der Waals surface area contributed by atoms with Crippen LogP contribution in [0.15, 0.2) is 0 Å². The van der Waals surface area contributed by atoms with Crippen molar-refractivity contribution in [2.24, 2.45) is 0 Å². The topological polar surface area (TPSA) is 35.5 Å². The summed E-state index contributed by atoms with van der Waals surface area (Å²) in [5.41, 5.74) is 0. The van der Waals surface area contributed by atoms with Gasteiger partial charge in [-0.3, -0.25) is 9.53 Å². The van der Waals surface area contributed by atoms with E-state index in [-0.39, 0.29) is 6.29 Å². The van der Waals surface area contributed by atoms with Crippen molar-refractivity contribution < 1.29 is 23.0 Å². The van der Waals surface area contributed by atoms with Gasteiger partial charge in [0.2, 0.25) is 12.6 Å². The Balaban J connectivity index is 2.54. The first-order valence-electron chi connectivity index (χ1n) is 2.27. The lowest BCUT2D eigenvalue weighted by Crippen LogP contribution is -2.25. The van der Waals surface area contributed by atoms with Crippen LogP contribution < -0.4 is 0 Å². The molecule has 1 fully saturated rings. The van der Waals surface area contributed by atoms with E-state index < -0.39 is 19.0 Å². The zero-order valence-corrected chi connectivity index (χ0v) is 4.34. The number of halogens is 2. The molecule has 0 amide bonds. The van der Waals surface area contributed by atoms with E-state index in [1.165, 1.54) is 0 Å². The summed E-state index contributed by atoms with van der Waals surface area (Å²) < 4.78 is 31.8. The summed E-state index contributed by atoms with van der Waals surface area (Å²) in [5.74, 6) is 0. The molecule has 52 valence electrons. The Morgan fingerprint density at radius 2 is 2.44 bits per heavy atom. The highest BCUT2D eigenvalue weighted by Gasteiger charge is 2.42. The van der Waals surface area contributed by atoms with Crippen LogP contribution >= 0.6 is 0 Å². The fourth-order valence-corrected chi connectivity index (χ4v) is 0.483. The zero-order valence-electron chi connectivity index (χ0n) is 4.34. The second-order valence-corrected chi connectivity index (χ2v) is 1.54. The molecule has 1 aliphatic heterocycles. The standard InChI is InChI=1S/C4H4F2O3/c5-3-1-8-4(6,2-7)9-3/h2-3H,1H2. The van der Waals surface area contributed by atoms with Crippen molar-refractivity contribution in [1.29, 1.82) is 0 Å². The Morgan fingerprint density at radius 3 is 2.67 bits per heavy atom. The molecule has 0 spiro atoms. The van der Waals surface area contributed by atoms with Gasteiger partial charge < -0.3 is 4.74 Å². The van der Waals surface area contributed by atoms with Crippen LogP contribution in [-0.2, 0) is 14.3 Å². The summed E-state index contributed by atoms with van der Waals surface area (Å²) in [7, 11) is 0. The highest BCUT2D eigenvalue weighted by atomic mass is 19.2. The van der Waals surface area contributed by atoms with Crippen molar-refractivity contribution >= 4 is 6.29 Å². The lowest BCUT2D eigenvalue weighted by Gasteiger charge is -2.06. The van der Waals surface area contributed by atoms with Crippen molar-refractivity contribution in [3.05, 3.63) is 0 Å². The predicted molar refractivity (Wildman–Crippen MR) is 21.8 cm³/mol. The molecule has 1 heterocycles. The van der Waals surface area contributed by atoms with Gasteiger partial charge in [0.05, 0.1) is 0 Å². The molecule has 0 aromatic heterocycles. The highest BCUT2D eigenvalue weighted by molar-refractivity contribution is 5.57. The summed E-state index contributed by atoms with van der Waals surface area (Å²) in [6.45, 7) is -0.532. The average molecular weight is 138 g/mol. The van der Waals surface area contributed by atoms with E-state index in [0.29, 0.717) is 0 Å². The van der Waals surface area contributed by atoms with Gasteiger partial charge in [0, 0.05) is 0 Å². The summed E-state index contributed by atoms with van der Waals surface area (Å²) in [6.07, 6.45) is -2.06. The van der Waals surface area contributed by atoms with Crippen molar-refractivity contribution in [2.45, 2.75) is 12.4 Å². The summed E-state index contributed by atoms with van der Waals surface area (Å²) in [6, 6.07) is -2.85. The number of rotatable bonds is 1. The largest absolute Gasteiger partial charge is 0.382 e. The molecule has 1 aliphatic rings. The molecular weight excluding hydrogens is 134 g/mol. The van der Waals surface area contributed by atoms with Gasteiger partial charge in [0.15, 0.2) is 0 Å². The molecule has 0 N–H and O–H groups in total. The SMILES string of the molecule is O=CC1(F)OCC(F)O1. The number of carbonyl (C=O) groups is 1. The monoisotopic (exact) mass is 138 g/mol. The van der Waals surface area contributed by atoms with E-state index in [0.717, 1.165) is 0 Å². The lowest BCUT2D eigenvalue weighted by atomic mass is 10.7. The smallest absolute Gasteiger partial charge is 0.312 e. The number of hydrogen-bond acceptors (Lipinski definition) is 3. The minimum atomic E-state index is -2.85. The van der Waals surface area contributed by atoms with Gasteiger partial charge in [-0.2, -0.15) is 4.39 Å². The molecule has 2 unspecified atom stereocenters. The number of carbonyl (C=O) groups excluding carboxylic acids is 1. The van der Waals surface area contributed by atoms with E-state index in [1.54, 1.807) is 0 Å². The van der Waals surface area contributed by atoms with Gasteiger partial charge in [0.25, 0.3) is 0 Å². The molecular formula is C4H4F2O3. The Kier molecular flexibility index (Phi) is 1.46. The molecule has 9 heavy (non-hydrogen) atoms. The first-order chi connectivity index (χ1) is 4.16. The van der Waals surface area contributed by atoms with Crippen LogP contribution in [0.3, 0.4) is 0 Å². The molecule has 0 bridgehead atoms. The second kappa shape index (κ2) is 2.00. The maximum absolute atomic E-state index is 12.2. The predicted octanol–water partition coefficient (Wildman–Crippen LogP) is 0.151. The van der Waals surface area contributed by atoms with Crippen LogP contribution in [0.1, 0.15) is 0 Å². The van der Waals surface area contributed by atoms with Gasteiger partial charge in [-0.25, -0.2) is 4.39 Å². The third-order valence-electron chi connectivity index (χ3n) is 0.841. The molecule has 2 atom stereocenters. The third-order valence-corrected chi connectivity index (χ3v) is 0.841. The van der Waals surface area contributed by atoms with E-state index >= 15 is 0 Å². The molecule has 1 saturated heterocycles. The minimum absolute atomic E-state index is 0.230. The van der Waals surface area contributed by atoms with E-state index in [9.17, 15) is 13.6 Å². The summed E-state index contributed by atoms with van der Waals surface area (Å²) in [5, 5.41) is 0. The first kappa shape index (κ1) is 6.57. The molecule has 0 aliphatic carbocycles. The van der Waals surface area contributed by atoms with Crippen LogP contribution in [0.2, 0.25) is 0 Å². The van der Waals surface area contributed by atoms with Crippen molar-refractivity contribution in [2.75, 3.05) is 6.61 Å². The molecule has 3 nitrogen and oxygen atoms in total. The van der Waals surface area contributed by atoms with Crippen LogP contribution in [0, 0.1) is 0 Å². The Morgan fingerprint density at radius 1 is 1.78 bits per heavy atom. The molecule has 0 radical (unpaired) electrons. The fraction of sp³-hybridized carbons (Fsp3) is 0.750. The summed E-state index contributed by atoms with van der Waals surface area (Å²) >= 11 is 0. The van der Waals surface area contributed by atoms with Crippen molar-refractivity contribution in [3.63, 3.8) is 0 Å². The molecule has 0 aromatic rings. The maximum atomic E-state index is 12.2. The number of alkyl halides is 2. The molecule has 5 heteroatoms. The number of ether oxygens (including phenoxy) is 2. The maximum Gasteiger partial charge on any atom is 0.382 e. The van der Waals surface area contributed by atoms with Crippen LogP contribution in [0.4, 0.5) is 8.78 Å². The average Bonchev–Trinajstić information content (AvgIpc) is 2.13. The van der Waals surface area contributed by atoms with E-state index in [2.05, 4.69) is 9.47 Å².